The zero-order valence-electron chi connectivity index (χ0n) is 15.8. The van der Waals surface area contributed by atoms with Gasteiger partial charge >= 0.3 is 0 Å². The molecule has 0 atom stereocenters. The lowest BCUT2D eigenvalue weighted by Crippen LogP contribution is -2.29. The third-order valence-corrected chi connectivity index (χ3v) is 5.87. The lowest BCUT2D eigenvalue weighted by atomic mass is 9.91. The molecule has 1 amide bonds. The Morgan fingerprint density at radius 3 is 2.57 bits per heavy atom. The molecule has 2 heterocycles. The molecule has 4 rings (SSSR count). The third kappa shape index (κ3) is 3.88. The molecule has 3 aromatic rings. The first kappa shape index (κ1) is 18.9. The van der Waals surface area contributed by atoms with Gasteiger partial charge in [0.25, 0.3) is 5.91 Å². The Bertz CT molecular complexity index is 974. The second kappa shape index (κ2) is 8.29. The Morgan fingerprint density at radius 1 is 1.14 bits per heavy atom. The molecule has 0 saturated carbocycles. The standard InChI is InChI=1S/C22H23BrN4O/c1-15-6-8-17(9-7-15)27-21(16-10-12-24-13-11-16)18(14-25-27)22(28)26-20-5-3-2-4-19(20)23/h2-9,14,16,24H,10-13H2,1H3,(H,26,28). The lowest BCUT2D eigenvalue weighted by Gasteiger charge is -2.24. The average molecular weight is 439 g/mol. The summed E-state index contributed by atoms with van der Waals surface area (Å²) in [5.74, 6) is 0.170. The van der Waals surface area contributed by atoms with E-state index in [9.17, 15) is 4.79 Å². The van der Waals surface area contributed by atoms with Crippen LogP contribution in [0.1, 0.15) is 40.4 Å². The molecular weight excluding hydrogens is 416 g/mol. The number of amides is 1. The van der Waals surface area contributed by atoms with Gasteiger partial charge in [-0.2, -0.15) is 5.10 Å². The van der Waals surface area contributed by atoms with Crippen molar-refractivity contribution in [2.45, 2.75) is 25.7 Å². The lowest BCUT2D eigenvalue weighted by molar-refractivity contribution is 0.102. The molecule has 0 radical (unpaired) electrons. The summed E-state index contributed by atoms with van der Waals surface area (Å²) in [7, 11) is 0. The molecule has 144 valence electrons. The number of benzene rings is 2. The second-order valence-electron chi connectivity index (χ2n) is 7.15. The monoisotopic (exact) mass is 438 g/mol. The largest absolute Gasteiger partial charge is 0.321 e. The van der Waals surface area contributed by atoms with E-state index in [0.717, 1.165) is 47.5 Å². The van der Waals surface area contributed by atoms with E-state index in [1.165, 1.54) is 5.56 Å². The molecule has 0 bridgehead atoms. The molecule has 6 heteroatoms. The first-order valence-corrected chi connectivity index (χ1v) is 10.3. The van der Waals surface area contributed by atoms with Gasteiger partial charge in [0.15, 0.2) is 0 Å². The number of aromatic nitrogens is 2. The van der Waals surface area contributed by atoms with Gasteiger partial charge in [0.05, 0.1) is 28.8 Å². The summed E-state index contributed by atoms with van der Waals surface area (Å²) in [6.07, 6.45) is 3.68. The number of nitrogens with zero attached hydrogens (tertiary/aromatic N) is 2. The molecule has 28 heavy (non-hydrogen) atoms. The Hall–Kier alpha value is -2.44. The number of hydrogen-bond donors (Lipinski definition) is 2. The van der Waals surface area contributed by atoms with E-state index in [4.69, 9.17) is 0 Å². The Balaban J connectivity index is 1.73. The van der Waals surface area contributed by atoms with Gasteiger partial charge in [-0.3, -0.25) is 4.79 Å². The molecule has 1 aromatic heterocycles. The molecule has 0 unspecified atom stereocenters. The summed E-state index contributed by atoms with van der Waals surface area (Å²) >= 11 is 3.50. The molecule has 1 saturated heterocycles. The number of carbonyl (C=O) groups excluding carboxylic acids is 1. The fraction of sp³-hybridized carbons (Fsp3) is 0.273. The van der Waals surface area contributed by atoms with E-state index < -0.39 is 0 Å². The summed E-state index contributed by atoms with van der Waals surface area (Å²) < 4.78 is 2.79. The smallest absolute Gasteiger partial charge is 0.259 e. The van der Waals surface area contributed by atoms with Gasteiger partial charge in [-0.25, -0.2) is 4.68 Å². The van der Waals surface area contributed by atoms with Crippen LogP contribution in [0.25, 0.3) is 5.69 Å². The fourth-order valence-corrected chi connectivity index (χ4v) is 4.05. The van der Waals surface area contributed by atoms with Crippen LogP contribution in [0.15, 0.2) is 59.2 Å². The minimum Gasteiger partial charge on any atom is -0.321 e. The molecule has 1 fully saturated rings. The average Bonchev–Trinajstić information content (AvgIpc) is 3.16. The van der Waals surface area contributed by atoms with Crippen LogP contribution >= 0.6 is 15.9 Å². The highest BCUT2D eigenvalue weighted by molar-refractivity contribution is 9.10. The second-order valence-corrected chi connectivity index (χ2v) is 8.00. The molecule has 5 nitrogen and oxygen atoms in total. The molecular formula is C22H23BrN4O. The number of nitrogens with one attached hydrogen (secondary N) is 2. The van der Waals surface area contributed by atoms with Gasteiger partial charge < -0.3 is 10.6 Å². The van der Waals surface area contributed by atoms with Crippen LogP contribution in [0.3, 0.4) is 0 Å². The maximum atomic E-state index is 13.1. The van der Waals surface area contributed by atoms with Crippen molar-refractivity contribution >= 4 is 27.5 Å². The summed E-state index contributed by atoms with van der Waals surface area (Å²) in [6.45, 7) is 3.97. The van der Waals surface area contributed by atoms with Crippen LogP contribution in [0.2, 0.25) is 0 Å². The third-order valence-electron chi connectivity index (χ3n) is 5.18. The Kier molecular flexibility index (Phi) is 5.59. The SMILES string of the molecule is Cc1ccc(-n2ncc(C(=O)Nc3ccccc3Br)c2C2CCNCC2)cc1. The van der Waals surface area contributed by atoms with Crippen LogP contribution in [0.4, 0.5) is 5.69 Å². The maximum Gasteiger partial charge on any atom is 0.259 e. The molecule has 1 aliphatic heterocycles. The van der Waals surface area contributed by atoms with Gasteiger partial charge in [0, 0.05) is 10.4 Å². The minimum atomic E-state index is -0.126. The van der Waals surface area contributed by atoms with Crippen molar-refractivity contribution in [2.75, 3.05) is 18.4 Å². The number of aryl methyl sites for hydroxylation is 1. The zero-order valence-corrected chi connectivity index (χ0v) is 17.4. The predicted octanol–water partition coefficient (Wildman–Crippen LogP) is 4.66. The number of piperidine rings is 1. The van der Waals surface area contributed by atoms with Gasteiger partial charge in [0.2, 0.25) is 0 Å². The Labute approximate surface area is 173 Å². The maximum absolute atomic E-state index is 13.1. The summed E-state index contributed by atoms with van der Waals surface area (Å²) in [5.41, 5.74) is 4.58. The number of halogens is 1. The van der Waals surface area contributed by atoms with E-state index in [1.807, 2.05) is 28.9 Å². The van der Waals surface area contributed by atoms with Crippen molar-refractivity contribution in [2.24, 2.45) is 0 Å². The topological polar surface area (TPSA) is 59.0 Å². The van der Waals surface area contributed by atoms with E-state index in [0.29, 0.717) is 11.5 Å². The van der Waals surface area contributed by atoms with E-state index in [2.05, 4.69) is 62.9 Å². The van der Waals surface area contributed by atoms with E-state index in [1.54, 1.807) is 6.20 Å². The number of anilines is 1. The van der Waals surface area contributed by atoms with E-state index in [-0.39, 0.29) is 5.91 Å². The highest BCUT2D eigenvalue weighted by atomic mass is 79.9. The van der Waals surface area contributed by atoms with Gasteiger partial charge in [-0.15, -0.1) is 0 Å². The van der Waals surface area contributed by atoms with Gasteiger partial charge in [-0.05, 0) is 73.1 Å². The highest BCUT2D eigenvalue weighted by Gasteiger charge is 2.27. The van der Waals surface area contributed by atoms with Crippen molar-refractivity contribution in [1.29, 1.82) is 0 Å². The number of carbonyl (C=O) groups is 1. The summed E-state index contributed by atoms with van der Waals surface area (Å²) in [6, 6.07) is 15.9. The van der Waals surface area contributed by atoms with Crippen molar-refractivity contribution in [3.8, 4) is 5.69 Å². The molecule has 0 aliphatic carbocycles. The first-order valence-electron chi connectivity index (χ1n) is 9.55. The Morgan fingerprint density at radius 2 is 1.86 bits per heavy atom. The molecule has 2 aromatic carbocycles. The quantitative estimate of drug-likeness (QED) is 0.622. The van der Waals surface area contributed by atoms with Crippen LogP contribution in [-0.2, 0) is 0 Å². The zero-order chi connectivity index (χ0) is 19.5. The molecule has 1 aliphatic rings. The molecule has 0 spiro atoms. The van der Waals surface area contributed by atoms with Crippen LogP contribution in [-0.4, -0.2) is 28.8 Å². The van der Waals surface area contributed by atoms with Crippen molar-refractivity contribution in [3.05, 3.63) is 76.0 Å². The summed E-state index contributed by atoms with van der Waals surface area (Å²) in [4.78, 5) is 13.1. The van der Waals surface area contributed by atoms with Crippen LogP contribution in [0.5, 0.6) is 0 Å². The van der Waals surface area contributed by atoms with Gasteiger partial charge in [0.1, 0.15) is 0 Å². The minimum absolute atomic E-state index is 0.126. The number of para-hydroxylation sites is 1. The predicted molar refractivity (Wildman–Crippen MR) is 115 cm³/mol. The number of rotatable bonds is 4. The number of hydrogen-bond acceptors (Lipinski definition) is 3. The first-order chi connectivity index (χ1) is 13.6. The fourth-order valence-electron chi connectivity index (χ4n) is 3.67. The van der Waals surface area contributed by atoms with E-state index >= 15 is 0 Å². The normalized spacial score (nSPS) is 14.8. The van der Waals surface area contributed by atoms with Crippen LogP contribution < -0.4 is 10.6 Å². The summed E-state index contributed by atoms with van der Waals surface area (Å²) in [5, 5.41) is 11.0. The highest BCUT2D eigenvalue weighted by Crippen LogP contribution is 2.31. The van der Waals surface area contributed by atoms with Crippen molar-refractivity contribution in [1.82, 2.24) is 15.1 Å². The van der Waals surface area contributed by atoms with Crippen LogP contribution in [0, 0.1) is 6.92 Å². The van der Waals surface area contributed by atoms with Gasteiger partial charge in [-0.1, -0.05) is 29.8 Å². The molecule has 2 N–H and O–H groups in total. The van der Waals surface area contributed by atoms with Crippen molar-refractivity contribution in [3.63, 3.8) is 0 Å². The van der Waals surface area contributed by atoms with Crippen molar-refractivity contribution < 1.29 is 4.79 Å².